The van der Waals surface area contributed by atoms with Gasteiger partial charge in [0, 0.05) is 18.8 Å². The van der Waals surface area contributed by atoms with E-state index in [4.69, 9.17) is 0 Å². The van der Waals surface area contributed by atoms with Gasteiger partial charge in [-0.05, 0) is 63.4 Å². The molecule has 0 saturated carbocycles. The fourth-order valence-electron chi connectivity index (χ4n) is 2.64. The average molecular weight is 232 g/mol. The third-order valence-electron chi connectivity index (χ3n) is 3.91. The van der Waals surface area contributed by atoms with E-state index in [1.165, 1.54) is 42.7 Å². The van der Waals surface area contributed by atoms with E-state index < -0.39 is 0 Å². The average Bonchev–Trinajstić information content (AvgIpc) is 2.31. The lowest BCUT2D eigenvalue weighted by molar-refractivity contribution is 0.217. The fraction of sp³-hybridized carbons (Fsp3) is 0.600. The molecule has 1 N–H and O–H groups in total. The summed E-state index contributed by atoms with van der Waals surface area (Å²) in [5.41, 5.74) is 4.06. The molecule has 0 aliphatic carbocycles. The molecule has 94 valence electrons. The highest BCUT2D eigenvalue weighted by Gasteiger charge is 2.16. The van der Waals surface area contributed by atoms with Crippen molar-refractivity contribution in [1.29, 1.82) is 0 Å². The van der Waals surface area contributed by atoms with Crippen molar-refractivity contribution in [2.75, 3.05) is 32.0 Å². The number of piperidine rings is 1. The molecule has 1 atom stereocenters. The first-order chi connectivity index (χ1) is 8.16. The molecule has 0 amide bonds. The van der Waals surface area contributed by atoms with Crippen molar-refractivity contribution in [1.82, 2.24) is 4.90 Å². The molecule has 0 aromatic heterocycles. The normalized spacial score (nSPS) is 21.5. The molecule has 1 aromatic rings. The Bertz CT molecular complexity index is 373. The Morgan fingerprint density at radius 2 is 2.18 bits per heavy atom. The van der Waals surface area contributed by atoms with Crippen LogP contribution in [0.25, 0.3) is 0 Å². The zero-order valence-electron chi connectivity index (χ0n) is 11.3. The van der Waals surface area contributed by atoms with E-state index in [-0.39, 0.29) is 0 Å². The standard InChI is InChI=1S/C15H24N2/c1-12-6-4-8-15(13(12)2)16-10-14-7-5-9-17(3)11-14/h4,6,8,14,16H,5,7,9-11H2,1-3H3. The molecule has 1 saturated heterocycles. The quantitative estimate of drug-likeness (QED) is 0.861. The number of hydrogen-bond donors (Lipinski definition) is 1. The van der Waals surface area contributed by atoms with Crippen LogP contribution in [0.1, 0.15) is 24.0 Å². The third-order valence-corrected chi connectivity index (χ3v) is 3.91. The molecule has 2 rings (SSSR count). The van der Waals surface area contributed by atoms with Gasteiger partial charge in [-0.25, -0.2) is 0 Å². The summed E-state index contributed by atoms with van der Waals surface area (Å²) in [6.07, 6.45) is 2.71. The van der Waals surface area contributed by atoms with Crippen molar-refractivity contribution < 1.29 is 0 Å². The van der Waals surface area contributed by atoms with E-state index in [1.807, 2.05) is 0 Å². The first-order valence-corrected chi connectivity index (χ1v) is 6.65. The summed E-state index contributed by atoms with van der Waals surface area (Å²) in [6.45, 7) is 7.98. The highest BCUT2D eigenvalue weighted by atomic mass is 15.1. The van der Waals surface area contributed by atoms with E-state index in [1.54, 1.807) is 0 Å². The van der Waals surface area contributed by atoms with Crippen molar-refractivity contribution in [3.8, 4) is 0 Å². The SMILES string of the molecule is Cc1cccc(NCC2CCCN(C)C2)c1C. The van der Waals surface area contributed by atoms with Gasteiger partial charge in [0.1, 0.15) is 0 Å². The molecule has 1 fully saturated rings. The molecule has 0 spiro atoms. The van der Waals surface area contributed by atoms with Gasteiger partial charge in [-0.2, -0.15) is 0 Å². The van der Waals surface area contributed by atoms with Crippen LogP contribution in [0.15, 0.2) is 18.2 Å². The predicted molar refractivity (Wildman–Crippen MR) is 74.6 cm³/mol. The second-order valence-electron chi connectivity index (χ2n) is 5.40. The first-order valence-electron chi connectivity index (χ1n) is 6.65. The monoisotopic (exact) mass is 232 g/mol. The minimum atomic E-state index is 0.800. The van der Waals surface area contributed by atoms with Gasteiger partial charge >= 0.3 is 0 Å². The Hall–Kier alpha value is -1.02. The molecule has 2 nitrogen and oxygen atoms in total. The molecular weight excluding hydrogens is 208 g/mol. The van der Waals surface area contributed by atoms with Gasteiger partial charge in [-0.15, -0.1) is 0 Å². The number of anilines is 1. The minimum absolute atomic E-state index is 0.800. The lowest BCUT2D eigenvalue weighted by Crippen LogP contribution is -2.35. The number of aryl methyl sites for hydroxylation is 1. The van der Waals surface area contributed by atoms with E-state index in [0.717, 1.165) is 12.5 Å². The Labute approximate surface area is 105 Å². The van der Waals surface area contributed by atoms with Crippen LogP contribution in [0.2, 0.25) is 0 Å². The fourth-order valence-corrected chi connectivity index (χ4v) is 2.64. The topological polar surface area (TPSA) is 15.3 Å². The van der Waals surface area contributed by atoms with E-state index >= 15 is 0 Å². The summed E-state index contributed by atoms with van der Waals surface area (Å²) in [5, 5.41) is 3.62. The van der Waals surface area contributed by atoms with E-state index in [9.17, 15) is 0 Å². The lowest BCUT2D eigenvalue weighted by Gasteiger charge is -2.30. The van der Waals surface area contributed by atoms with Gasteiger partial charge in [0.05, 0.1) is 0 Å². The highest BCUT2D eigenvalue weighted by Crippen LogP contribution is 2.20. The minimum Gasteiger partial charge on any atom is -0.384 e. The number of hydrogen-bond acceptors (Lipinski definition) is 2. The van der Waals surface area contributed by atoms with Crippen molar-refractivity contribution in [2.45, 2.75) is 26.7 Å². The van der Waals surface area contributed by atoms with Gasteiger partial charge in [-0.3, -0.25) is 0 Å². The summed E-state index contributed by atoms with van der Waals surface area (Å²) < 4.78 is 0. The van der Waals surface area contributed by atoms with Crippen LogP contribution in [0.5, 0.6) is 0 Å². The van der Waals surface area contributed by atoms with Crippen LogP contribution < -0.4 is 5.32 Å². The maximum Gasteiger partial charge on any atom is 0.0372 e. The summed E-state index contributed by atoms with van der Waals surface area (Å²) in [4.78, 5) is 2.44. The molecule has 1 aliphatic heterocycles. The zero-order chi connectivity index (χ0) is 12.3. The van der Waals surface area contributed by atoms with Crippen molar-refractivity contribution in [3.05, 3.63) is 29.3 Å². The molecule has 0 bridgehead atoms. The number of nitrogens with zero attached hydrogens (tertiary/aromatic N) is 1. The summed E-state index contributed by atoms with van der Waals surface area (Å²) in [7, 11) is 2.23. The molecule has 1 aliphatic rings. The Morgan fingerprint density at radius 3 is 2.94 bits per heavy atom. The molecule has 2 heteroatoms. The molecule has 1 unspecified atom stereocenters. The molecule has 0 radical (unpaired) electrons. The third kappa shape index (κ3) is 3.22. The maximum atomic E-state index is 3.62. The van der Waals surface area contributed by atoms with Gasteiger partial charge < -0.3 is 10.2 Å². The number of benzene rings is 1. The van der Waals surface area contributed by atoms with Crippen LogP contribution in [-0.2, 0) is 0 Å². The first kappa shape index (κ1) is 12.4. The summed E-state index contributed by atoms with van der Waals surface area (Å²) >= 11 is 0. The second-order valence-corrected chi connectivity index (χ2v) is 5.40. The number of nitrogens with one attached hydrogen (secondary N) is 1. The highest BCUT2D eigenvalue weighted by molar-refractivity contribution is 5.53. The maximum absolute atomic E-state index is 3.62. The Balaban J connectivity index is 1.91. The van der Waals surface area contributed by atoms with E-state index in [0.29, 0.717) is 0 Å². The largest absolute Gasteiger partial charge is 0.384 e. The Kier molecular flexibility index (Phi) is 4.06. The van der Waals surface area contributed by atoms with E-state index in [2.05, 4.69) is 49.3 Å². The molecule has 1 heterocycles. The van der Waals surface area contributed by atoms with Gasteiger partial charge in [0.2, 0.25) is 0 Å². The Morgan fingerprint density at radius 1 is 1.35 bits per heavy atom. The number of likely N-dealkylation sites (tertiary alicyclic amines) is 1. The number of rotatable bonds is 3. The van der Waals surface area contributed by atoms with Gasteiger partial charge in [0.25, 0.3) is 0 Å². The van der Waals surface area contributed by atoms with Crippen molar-refractivity contribution in [3.63, 3.8) is 0 Å². The van der Waals surface area contributed by atoms with Gasteiger partial charge in [-0.1, -0.05) is 12.1 Å². The van der Waals surface area contributed by atoms with Crippen LogP contribution in [0.4, 0.5) is 5.69 Å². The smallest absolute Gasteiger partial charge is 0.0372 e. The second kappa shape index (κ2) is 5.54. The van der Waals surface area contributed by atoms with Crippen molar-refractivity contribution in [2.24, 2.45) is 5.92 Å². The van der Waals surface area contributed by atoms with Crippen molar-refractivity contribution >= 4 is 5.69 Å². The lowest BCUT2D eigenvalue weighted by atomic mass is 9.98. The predicted octanol–water partition coefficient (Wildman–Crippen LogP) is 3.06. The summed E-state index contributed by atoms with van der Waals surface area (Å²) in [6, 6.07) is 6.50. The molecule has 17 heavy (non-hydrogen) atoms. The summed E-state index contributed by atoms with van der Waals surface area (Å²) in [5.74, 6) is 0.800. The molecular formula is C15H24N2. The van der Waals surface area contributed by atoms with Crippen LogP contribution in [0.3, 0.4) is 0 Å². The molecule has 1 aromatic carbocycles. The zero-order valence-corrected chi connectivity index (χ0v) is 11.3. The van der Waals surface area contributed by atoms with Crippen LogP contribution in [0, 0.1) is 19.8 Å². The van der Waals surface area contributed by atoms with Crippen LogP contribution >= 0.6 is 0 Å². The van der Waals surface area contributed by atoms with Gasteiger partial charge in [0.15, 0.2) is 0 Å². The van der Waals surface area contributed by atoms with Crippen LogP contribution in [-0.4, -0.2) is 31.6 Å².